The summed E-state index contributed by atoms with van der Waals surface area (Å²) in [6, 6.07) is 17.4. The van der Waals surface area contributed by atoms with E-state index in [4.69, 9.17) is 0 Å². The molecule has 106 valence electrons. The maximum atomic E-state index is 12.0. The summed E-state index contributed by atoms with van der Waals surface area (Å²) < 4.78 is 3.97. The van der Waals surface area contributed by atoms with Crippen molar-refractivity contribution in [2.45, 2.75) is 5.03 Å². The monoisotopic (exact) mass is 297 g/mol. The van der Waals surface area contributed by atoms with E-state index in [1.165, 1.54) is 11.8 Å². The third kappa shape index (κ3) is 3.38. The fraction of sp³-hybridized carbons (Fsp3) is 0.0625. The molecule has 0 aliphatic heterocycles. The van der Waals surface area contributed by atoms with Crippen LogP contribution in [0, 0.1) is 0 Å². The maximum absolute atomic E-state index is 12.0. The van der Waals surface area contributed by atoms with Gasteiger partial charge in [-0.05, 0) is 36.4 Å². The molecule has 0 saturated heterocycles. The van der Waals surface area contributed by atoms with E-state index in [0.29, 0.717) is 5.75 Å². The largest absolute Gasteiger partial charge is 0.325 e. The molecular weight excluding hydrogens is 282 g/mol. The topological polar surface area (TPSA) is 39.0 Å². The summed E-state index contributed by atoms with van der Waals surface area (Å²) in [4.78, 5) is 12.0. The number of carbonyl (C=O) groups excluding carboxylic acids is 1. The van der Waals surface area contributed by atoms with Crippen LogP contribution in [0.1, 0.15) is 0 Å². The molecule has 0 saturated carbocycles. The molecule has 1 aromatic carbocycles. The Balaban J connectivity index is 1.61. The lowest BCUT2D eigenvalue weighted by atomic mass is 10.3. The van der Waals surface area contributed by atoms with Crippen molar-refractivity contribution in [1.82, 2.24) is 9.35 Å². The van der Waals surface area contributed by atoms with Gasteiger partial charge in [-0.1, -0.05) is 30.0 Å². The van der Waals surface area contributed by atoms with Gasteiger partial charge in [-0.3, -0.25) is 14.1 Å². The first-order chi connectivity index (χ1) is 10.3. The third-order valence-electron chi connectivity index (χ3n) is 2.94. The van der Waals surface area contributed by atoms with E-state index in [1.54, 1.807) is 0 Å². The highest BCUT2D eigenvalue weighted by molar-refractivity contribution is 7.99. The van der Waals surface area contributed by atoms with E-state index in [2.05, 4.69) is 5.32 Å². The second-order valence-electron chi connectivity index (χ2n) is 4.46. The highest BCUT2D eigenvalue weighted by Crippen LogP contribution is 2.19. The second kappa shape index (κ2) is 6.37. The summed E-state index contributed by atoms with van der Waals surface area (Å²) in [6.45, 7) is 0. The van der Waals surface area contributed by atoms with Gasteiger partial charge < -0.3 is 5.32 Å². The molecule has 0 spiro atoms. The summed E-state index contributed by atoms with van der Waals surface area (Å²) in [5.74, 6) is 0.367. The van der Waals surface area contributed by atoms with Crippen LogP contribution in [0.3, 0.4) is 0 Å². The molecule has 0 bridgehead atoms. The first-order valence-corrected chi connectivity index (χ1v) is 7.60. The molecule has 2 aromatic heterocycles. The van der Waals surface area contributed by atoms with Crippen molar-refractivity contribution >= 4 is 23.4 Å². The van der Waals surface area contributed by atoms with Crippen molar-refractivity contribution in [3.8, 4) is 0 Å². The van der Waals surface area contributed by atoms with E-state index in [0.717, 1.165) is 10.7 Å². The number of hydrogen-bond donors (Lipinski definition) is 1. The Bertz CT molecular complexity index is 704. The van der Waals surface area contributed by atoms with Crippen LogP contribution in [-0.2, 0) is 4.79 Å². The first-order valence-electron chi connectivity index (χ1n) is 6.61. The lowest BCUT2D eigenvalue weighted by Crippen LogP contribution is -2.14. The van der Waals surface area contributed by atoms with Gasteiger partial charge in [0.05, 0.1) is 10.8 Å². The van der Waals surface area contributed by atoms with Crippen molar-refractivity contribution in [2.75, 3.05) is 11.1 Å². The van der Waals surface area contributed by atoms with Crippen LogP contribution in [0.2, 0.25) is 0 Å². The number of thioether (sulfide) groups is 1. The van der Waals surface area contributed by atoms with E-state index in [1.807, 2.05) is 82.5 Å². The van der Waals surface area contributed by atoms with Crippen LogP contribution in [0.25, 0.3) is 0 Å². The van der Waals surface area contributed by atoms with Crippen LogP contribution >= 0.6 is 11.8 Å². The molecule has 3 rings (SSSR count). The van der Waals surface area contributed by atoms with Crippen LogP contribution in [0.5, 0.6) is 0 Å². The summed E-state index contributed by atoms with van der Waals surface area (Å²) in [7, 11) is 0. The van der Waals surface area contributed by atoms with Crippen LogP contribution in [-0.4, -0.2) is 21.0 Å². The molecule has 0 radical (unpaired) electrons. The molecule has 0 aliphatic carbocycles. The molecule has 2 heterocycles. The molecule has 1 amide bonds. The van der Waals surface area contributed by atoms with Gasteiger partial charge in [0.2, 0.25) is 5.91 Å². The molecule has 5 heteroatoms. The van der Waals surface area contributed by atoms with Gasteiger partial charge in [0.25, 0.3) is 0 Å². The normalized spacial score (nSPS) is 10.5. The van der Waals surface area contributed by atoms with E-state index >= 15 is 0 Å². The van der Waals surface area contributed by atoms with Gasteiger partial charge in [-0.2, -0.15) is 0 Å². The Morgan fingerprint density at radius 1 is 0.952 bits per heavy atom. The van der Waals surface area contributed by atoms with E-state index in [9.17, 15) is 4.79 Å². The van der Waals surface area contributed by atoms with Crippen molar-refractivity contribution in [2.24, 2.45) is 0 Å². The number of para-hydroxylation sites is 1. The standard InChI is InChI=1S/C16H15N3OS/c20-15(17-14-7-2-1-3-8-14)13-21-16-9-6-12-19(16)18-10-4-5-11-18/h1-12H,13H2,(H,17,20). The second-order valence-corrected chi connectivity index (χ2v) is 5.45. The van der Waals surface area contributed by atoms with Gasteiger partial charge in [0.15, 0.2) is 0 Å². The number of rotatable bonds is 5. The van der Waals surface area contributed by atoms with Crippen LogP contribution in [0.4, 0.5) is 5.69 Å². The number of aromatic nitrogens is 2. The Morgan fingerprint density at radius 3 is 2.48 bits per heavy atom. The molecule has 0 aliphatic rings. The van der Waals surface area contributed by atoms with E-state index in [-0.39, 0.29) is 5.91 Å². The number of anilines is 1. The Hall–Kier alpha value is -2.40. The summed E-state index contributed by atoms with van der Waals surface area (Å²) in [5, 5.41) is 3.91. The van der Waals surface area contributed by atoms with Gasteiger partial charge in [-0.15, -0.1) is 0 Å². The summed E-state index contributed by atoms with van der Waals surface area (Å²) in [5.41, 5.74) is 0.823. The lowest BCUT2D eigenvalue weighted by Gasteiger charge is -2.10. The fourth-order valence-corrected chi connectivity index (χ4v) is 2.80. The number of benzene rings is 1. The van der Waals surface area contributed by atoms with Gasteiger partial charge in [0.1, 0.15) is 0 Å². The minimum Gasteiger partial charge on any atom is -0.325 e. The zero-order chi connectivity index (χ0) is 14.5. The predicted molar refractivity (Wildman–Crippen MR) is 85.5 cm³/mol. The molecule has 0 fully saturated rings. The molecule has 0 unspecified atom stereocenters. The first kappa shape index (κ1) is 13.6. The van der Waals surface area contributed by atoms with Crippen LogP contribution in [0.15, 0.2) is 78.2 Å². The predicted octanol–water partition coefficient (Wildman–Crippen LogP) is 3.33. The van der Waals surface area contributed by atoms with Crippen molar-refractivity contribution < 1.29 is 4.79 Å². The Labute approximate surface area is 127 Å². The number of amides is 1. The fourth-order valence-electron chi connectivity index (χ4n) is 1.99. The number of nitrogens with one attached hydrogen (secondary N) is 1. The zero-order valence-corrected chi connectivity index (χ0v) is 12.2. The Kier molecular flexibility index (Phi) is 4.12. The third-order valence-corrected chi connectivity index (χ3v) is 3.96. The van der Waals surface area contributed by atoms with E-state index < -0.39 is 0 Å². The zero-order valence-electron chi connectivity index (χ0n) is 11.3. The molecular formula is C16H15N3OS. The molecule has 4 nitrogen and oxygen atoms in total. The molecule has 0 atom stereocenters. The maximum Gasteiger partial charge on any atom is 0.234 e. The summed E-state index contributed by atoms with van der Waals surface area (Å²) in [6.07, 6.45) is 5.90. The quantitative estimate of drug-likeness (QED) is 0.734. The van der Waals surface area contributed by atoms with Gasteiger partial charge in [0, 0.05) is 24.3 Å². The van der Waals surface area contributed by atoms with Gasteiger partial charge in [-0.25, -0.2) is 0 Å². The number of hydrogen-bond acceptors (Lipinski definition) is 2. The molecule has 1 N–H and O–H groups in total. The average molecular weight is 297 g/mol. The Morgan fingerprint density at radius 2 is 1.71 bits per heavy atom. The van der Waals surface area contributed by atoms with Crippen molar-refractivity contribution in [3.05, 3.63) is 73.2 Å². The van der Waals surface area contributed by atoms with Crippen LogP contribution < -0.4 is 5.32 Å². The smallest absolute Gasteiger partial charge is 0.234 e. The summed E-state index contributed by atoms with van der Waals surface area (Å²) >= 11 is 1.51. The SMILES string of the molecule is O=C(CSc1cccn1-n1cccc1)Nc1ccccc1. The molecule has 3 aromatic rings. The minimum absolute atomic E-state index is 0.00791. The average Bonchev–Trinajstić information content (AvgIpc) is 3.17. The minimum atomic E-state index is -0.00791. The lowest BCUT2D eigenvalue weighted by molar-refractivity contribution is -0.113. The van der Waals surface area contributed by atoms with Crippen molar-refractivity contribution in [3.63, 3.8) is 0 Å². The number of nitrogens with zero attached hydrogens (tertiary/aromatic N) is 2. The molecule has 21 heavy (non-hydrogen) atoms. The highest BCUT2D eigenvalue weighted by atomic mass is 32.2. The van der Waals surface area contributed by atoms with Gasteiger partial charge >= 0.3 is 0 Å². The highest BCUT2D eigenvalue weighted by Gasteiger charge is 2.07. The number of carbonyl (C=O) groups is 1. The van der Waals surface area contributed by atoms with Crippen molar-refractivity contribution in [1.29, 1.82) is 0 Å².